The van der Waals surface area contributed by atoms with Crippen LogP contribution in [-0.2, 0) is 14.3 Å². The summed E-state index contributed by atoms with van der Waals surface area (Å²) < 4.78 is 13.3. The fourth-order valence-electron chi connectivity index (χ4n) is 4.90. The second-order valence-corrected chi connectivity index (χ2v) is 8.90. The van der Waals surface area contributed by atoms with Crippen molar-refractivity contribution in [3.8, 4) is 0 Å². The molecule has 0 amide bonds. The highest BCUT2D eigenvalue weighted by atomic mass is 17.0. The molecule has 0 aliphatic carbocycles. The van der Waals surface area contributed by atoms with Crippen molar-refractivity contribution in [3.05, 3.63) is 142 Å². The van der Waals surface area contributed by atoms with E-state index in [-0.39, 0.29) is 23.9 Å². The Kier molecular flexibility index (Phi) is 5.73. The second kappa shape index (κ2) is 9.20. The van der Waals surface area contributed by atoms with Crippen molar-refractivity contribution in [1.82, 2.24) is 0 Å². The van der Waals surface area contributed by atoms with E-state index in [1.807, 2.05) is 91.0 Å². The summed E-state index contributed by atoms with van der Waals surface area (Å²) >= 11 is 0. The van der Waals surface area contributed by atoms with Gasteiger partial charge in [0.2, 0.25) is 0 Å². The van der Waals surface area contributed by atoms with Crippen LogP contribution < -0.4 is 5.06 Å². The van der Waals surface area contributed by atoms with Gasteiger partial charge in [-0.25, -0.2) is 9.90 Å². The van der Waals surface area contributed by atoms with Gasteiger partial charge in [-0.1, -0.05) is 91.0 Å². The van der Waals surface area contributed by atoms with Gasteiger partial charge in [0.25, 0.3) is 5.69 Å². The standard InChI is InChI=1S/C29H24N2O5/c32-31(33)25-18-16-21(17-19-25)26-20-29(36-30(26)24-14-8-3-9-15-24)34-27(22-10-4-1-5-11-22)28(35-29)23-12-6-2-7-13-23/h1-19,26-28H,20H2/t26?,27-,28+,29?. The van der Waals surface area contributed by atoms with Gasteiger partial charge in [-0.15, -0.1) is 0 Å². The van der Waals surface area contributed by atoms with Gasteiger partial charge in [0, 0.05) is 12.1 Å². The molecule has 0 aromatic heterocycles. The highest BCUT2D eigenvalue weighted by Gasteiger charge is 2.58. The maximum Gasteiger partial charge on any atom is 0.309 e. The molecule has 4 aromatic rings. The smallest absolute Gasteiger partial charge is 0.309 e. The van der Waals surface area contributed by atoms with Crippen LogP contribution in [0.25, 0.3) is 0 Å². The van der Waals surface area contributed by atoms with E-state index >= 15 is 0 Å². The third kappa shape index (κ3) is 4.13. The highest BCUT2D eigenvalue weighted by Crippen LogP contribution is 2.55. The minimum atomic E-state index is -1.33. The Bertz CT molecular complexity index is 1290. The molecule has 7 heteroatoms. The van der Waals surface area contributed by atoms with Gasteiger partial charge in [-0.2, -0.15) is 0 Å². The maximum atomic E-state index is 11.2. The monoisotopic (exact) mass is 480 g/mol. The third-order valence-electron chi connectivity index (χ3n) is 6.61. The van der Waals surface area contributed by atoms with Gasteiger partial charge in [-0.05, 0) is 28.8 Å². The summed E-state index contributed by atoms with van der Waals surface area (Å²) in [5.41, 5.74) is 3.74. The number of hydrogen-bond donors (Lipinski definition) is 0. The number of benzene rings is 4. The molecule has 0 saturated carbocycles. The average molecular weight is 481 g/mol. The van der Waals surface area contributed by atoms with Crippen LogP contribution in [-0.4, -0.2) is 10.9 Å². The SMILES string of the molecule is O=[N+]([O-])c1ccc(C2CC3(O[C@H](c4ccccc4)[C@H](c4ccccc4)O3)ON2c2ccccc2)cc1. The van der Waals surface area contributed by atoms with Crippen molar-refractivity contribution in [2.24, 2.45) is 0 Å². The van der Waals surface area contributed by atoms with Gasteiger partial charge >= 0.3 is 5.97 Å². The maximum absolute atomic E-state index is 11.2. The molecule has 7 nitrogen and oxygen atoms in total. The van der Waals surface area contributed by atoms with Crippen LogP contribution in [0.4, 0.5) is 11.4 Å². The molecule has 6 rings (SSSR count). The molecule has 2 fully saturated rings. The number of anilines is 1. The number of para-hydroxylation sites is 1. The molecule has 4 atom stereocenters. The normalized spacial score (nSPS) is 25.3. The number of non-ortho nitro benzene ring substituents is 1. The number of nitro benzene ring substituents is 1. The Hall–Kier alpha value is -4.04. The number of rotatable bonds is 5. The van der Waals surface area contributed by atoms with Crippen molar-refractivity contribution in [1.29, 1.82) is 0 Å². The summed E-state index contributed by atoms with van der Waals surface area (Å²) in [6, 6.07) is 36.0. The van der Waals surface area contributed by atoms with Gasteiger partial charge < -0.3 is 9.47 Å². The van der Waals surface area contributed by atoms with Crippen molar-refractivity contribution in [2.45, 2.75) is 30.6 Å². The summed E-state index contributed by atoms with van der Waals surface area (Å²) in [5.74, 6) is -1.33. The summed E-state index contributed by atoms with van der Waals surface area (Å²) in [5, 5.41) is 13.0. The van der Waals surface area contributed by atoms with E-state index in [1.54, 1.807) is 17.2 Å². The van der Waals surface area contributed by atoms with Crippen LogP contribution >= 0.6 is 0 Å². The number of nitro groups is 1. The number of nitrogens with zero attached hydrogens (tertiary/aromatic N) is 2. The minimum absolute atomic E-state index is 0.0419. The molecule has 2 saturated heterocycles. The Labute approximate surface area is 208 Å². The molecular formula is C29H24N2O5. The van der Waals surface area contributed by atoms with Gasteiger partial charge in [0.05, 0.1) is 23.1 Å². The quantitative estimate of drug-likeness (QED) is 0.235. The van der Waals surface area contributed by atoms with Crippen LogP contribution in [0.15, 0.2) is 115 Å². The predicted molar refractivity (Wildman–Crippen MR) is 134 cm³/mol. The lowest BCUT2D eigenvalue weighted by Crippen LogP contribution is -2.32. The summed E-state index contributed by atoms with van der Waals surface area (Å²) in [6.07, 6.45) is -0.365. The molecule has 36 heavy (non-hydrogen) atoms. The van der Waals surface area contributed by atoms with E-state index in [4.69, 9.17) is 14.3 Å². The van der Waals surface area contributed by atoms with Crippen molar-refractivity contribution in [3.63, 3.8) is 0 Å². The van der Waals surface area contributed by atoms with Crippen molar-refractivity contribution < 1.29 is 19.2 Å². The molecule has 2 heterocycles. The molecule has 0 N–H and O–H groups in total. The zero-order chi connectivity index (χ0) is 24.5. The van der Waals surface area contributed by atoms with E-state index in [0.29, 0.717) is 6.42 Å². The molecule has 4 aromatic carbocycles. The first-order valence-corrected chi connectivity index (χ1v) is 11.9. The molecule has 2 aliphatic rings. The van der Waals surface area contributed by atoms with E-state index in [0.717, 1.165) is 22.4 Å². The van der Waals surface area contributed by atoms with E-state index < -0.39 is 10.9 Å². The Morgan fingerprint density at radius 3 is 1.69 bits per heavy atom. The van der Waals surface area contributed by atoms with E-state index in [9.17, 15) is 10.1 Å². The zero-order valence-corrected chi connectivity index (χ0v) is 19.3. The molecule has 2 unspecified atom stereocenters. The first-order valence-electron chi connectivity index (χ1n) is 11.9. The lowest BCUT2D eigenvalue weighted by molar-refractivity contribution is -0.384. The topological polar surface area (TPSA) is 74.1 Å². The summed E-state index contributed by atoms with van der Waals surface area (Å²) in [7, 11) is 0. The van der Waals surface area contributed by atoms with Crippen molar-refractivity contribution in [2.75, 3.05) is 5.06 Å². The first-order chi connectivity index (χ1) is 17.6. The minimum Gasteiger partial charge on any atom is -0.315 e. The van der Waals surface area contributed by atoms with Crippen LogP contribution in [0, 0.1) is 10.1 Å². The van der Waals surface area contributed by atoms with E-state index in [1.165, 1.54) is 12.1 Å². The molecule has 0 radical (unpaired) electrons. The van der Waals surface area contributed by atoms with Crippen molar-refractivity contribution >= 4 is 11.4 Å². The largest absolute Gasteiger partial charge is 0.315 e. The number of hydroxylamine groups is 1. The third-order valence-corrected chi connectivity index (χ3v) is 6.61. The molecular weight excluding hydrogens is 456 g/mol. The second-order valence-electron chi connectivity index (χ2n) is 8.90. The lowest BCUT2D eigenvalue weighted by atomic mass is 9.99. The van der Waals surface area contributed by atoms with Gasteiger partial charge in [0.15, 0.2) is 0 Å². The van der Waals surface area contributed by atoms with Gasteiger partial charge in [0.1, 0.15) is 12.2 Å². The van der Waals surface area contributed by atoms with E-state index in [2.05, 4.69) is 0 Å². The summed E-state index contributed by atoms with van der Waals surface area (Å²) in [4.78, 5) is 17.3. The zero-order valence-electron chi connectivity index (χ0n) is 19.3. The molecule has 2 aliphatic heterocycles. The molecule has 0 bridgehead atoms. The molecule has 1 spiro atoms. The lowest BCUT2D eigenvalue weighted by Gasteiger charge is -2.26. The van der Waals surface area contributed by atoms with Crippen LogP contribution in [0.3, 0.4) is 0 Å². The number of hydrogen-bond acceptors (Lipinski definition) is 6. The van der Waals surface area contributed by atoms with Crippen LogP contribution in [0.1, 0.15) is 41.4 Å². The number of ether oxygens (including phenoxy) is 2. The summed E-state index contributed by atoms with van der Waals surface area (Å²) in [6.45, 7) is 0. The van der Waals surface area contributed by atoms with Crippen LogP contribution in [0.2, 0.25) is 0 Å². The Balaban J connectivity index is 1.39. The fraction of sp³-hybridized carbons (Fsp3) is 0.172. The predicted octanol–water partition coefficient (Wildman–Crippen LogP) is 6.66. The van der Waals surface area contributed by atoms with Gasteiger partial charge in [-0.3, -0.25) is 10.1 Å². The Morgan fingerprint density at radius 2 is 1.19 bits per heavy atom. The average Bonchev–Trinajstić information content (AvgIpc) is 3.51. The van der Waals surface area contributed by atoms with Crippen LogP contribution in [0.5, 0.6) is 0 Å². The molecule has 180 valence electrons. The highest BCUT2D eigenvalue weighted by molar-refractivity contribution is 5.48. The first kappa shape index (κ1) is 22.4. The fourth-order valence-corrected chi connectivity index (χ4v) is 4.90. The Morgan fingerprint density at radius 1 is 0.694 bits per heavy atom.